The van der Waals surface area contributed by atoms with Crippen LogP contribution >= 0.6 is 11.3 Å². The molecule has 4 heterocycles. The Balaban J connectivity index is 1.18. The maximum atomic E-state index is 12.7. The van der Waals surface area contributed by atoms with Crippen LogP contribution in [0.25, 0.3) is 22.3 Å². The number of rotatable bonds is 5. The molecule has 0 atom stereocenters. The van der Waals surface area contributed by atoms with E-state index < -0.39 is 0 Å². The normalized spacial score (nSPS) is 14.6. The van der Waals surface area contributed by atoms with Crippen LogP contribution < -0.4 is 10.2 Å². The molecule has 5 rings (SSSR count). The highest BCUT2D eigenvalue weighted by Gasteiger charge is 2.22. The first-order valence-electron chi connectivity index (χ1n) is 11.3. The molecule has 176 valence electrons. The number of carbonyl (C=O) groups is 1. The van der Waals surface area contributed by atoms with Crippen molar-refractivity contribution in [2.75, 3.05) is 42.9 Å². The maximum Gasteiger partial charge on any atom is 0.240 e. The molecule has 10 heteroatoms. The molecule has 1 aliphatic rings. The van der Waals surface area contributed by atoms with Crippen LogP contribution in [0.5, 0.6) is 0 Å². The van der Waals surface area contributed by atoms with Crippen LogP contribution in [-0.2, 0) is 11.8 Å². The van der Waals surface area contributed by atoms with E-state index in [0.29, 0.717) is 11.7 Å². The number of thiazole rings is 1. The second-order valence-corrected chi connectivity index (χ2v) is 9.66. The van der Waals surface area contributed by atoms with E-state index in [0.717, 1.165) is 54.3 Å². The van der Waals surface area contributed by atoms with E-state index in [1.54, 1.807) is 11.0 Å². The number of aryl methyl sites for hydroxylation is 4. The third-order valence-electron chi connectivity index (χ3n) is 6.41. The molecule has 3 aromatic heterocycles. The zero-order chi connectivity index (χ0) is 23.8. The number of nitrogens with zero attached hydrogens (tertiary/aromatic N) is 7. The van der Waals surface area contributed by atoms with Gasteiger partial charge in [-0.1, -0.05) is 6.07 Å². The van der Waals surface area contributed by atoms with Crippen molar-refractivity contribution in [2.24, 2.45) is 7.05 Å². The van der Waals surface area contributed by atoms with Crippen molar-refractivity contribution in [1.82, 2.24) is 29.6 Å². The summed E-state index contributed by atoms with van der Waals surface area (Å²) in [6.07, 6.45) is 3.40. The number of hydrogen-bond donors (Lipinski definition) is 1. The largest absolute Gasteiger partial charge is 0.353 e. The predicted octanol–water partition coefficient (Wildman–Crippen LogP) is 3.17. The monoisotopic (exact) mass is 476 g/mol. The SMILES string of the molecule is Cc1cc(C)c(-c2csc(NC(=O)CN3CCN(c4ncnc5c4cnn5C)CC3)n2)cc1C. The summed E-state index contributed by atoms with van der Waals surface area (Å²) in [5.74, 6) is 0.863. The average molecular weight is 477 g/mol. The first kappa shape index (κ1) is 22.4. The summed E-state index contributed by atoms with van der Waals surface area (Å²) in [7, 11) is 1.88. The Kier molecular flexibility index (Phi) is 6.01. The van der Waals surface area contributed by atoms with Crippen molar-refractivity contribution in [3.05, 3.63) is 46.7 Å². The van der Waals surface area contributed by atoms with Crippen LogP contribution in [0.3, 0.4) is 0 Å². The van der Waals surface area contributed by atoms with Crippen molar-refractivity contribution in [3.8, 4) is 11.3 Å². The number of benzene rings is 1. The van der Waals surface area contributed by atoms with E-state index >= 15 is 0 Å². The number of carbonyl (C=O) groups excluding carboxylic acids is 1. The molecule has 1 aliphatic heterocycles. The van der Waals surface area contributed by atoms with E-state index in [2.05, 4.69) is 68.1 Å². The number of hydrogen-bond acceptors (Lipinski definition) is 8. The van der Waals surface area contributed by atoms with E-state index in [4.69, 9.17) is 0 Å². The molecule has 0 unspecified atom stereocenters. The lowest BCUT2D eigenvalue weighted by Crippen LogP contribution is -2.49. The van der Waals surface area contributed by atoms with Crippen molar-refractivity contribution < 1.29 is 4.79 Å². The lowest BCUT2D eigenvalue weighted by molar-refractivity contribution is -0.117. The van der Waals surface area contributed by atoms with Crippen LogP contribution in [0, 0.1) is 20.8 Å². The van der Waals surface area contributed by atoms with Crippen molar-refractivity contribution in [2.45, 2.75) is 20.8 Å². The quantitative estimate of drug-likeness (QED) is 0.473. The van der Waals surface area contributed by atoms with Gasteiger partial charge in [-0.3, -0.25) is 14.4 Å². The minimum atomic E-state index is -0.0390. The topological polar surface area (TPSA) is 92.1 Å². The third kappa shape index (κ3) is 4.38. The van der Waals surface area contributed by atoms with Gasteiger partial charge in [-0.15, -0.1) is 11.3 Å². The maximum absolute atomic E-state index is 12.7. The highest BCUT2D eigenvalue weighted by Crippen LogP contribution is 2.29. The average Bonchev–Trinajstić information content (AvgIpc) is 3.43. The third-order valence-corrected chi connectivity index (χ3v) is 7.17. The molecule has 1 saturated heterocycles. The summed E-state index contributed by atoms with van der Waals surface area (Å²) in [5, 5.41) is 10.9. The van der Waals surface area contributed by atoms with Crippen molar-refractivity contribution >= 4 is 39.2 Å². The van der Waals surface area contributed by atoms with Crippen molar-refractivity contribution in [1.29, 1.82) is 0 Å². The van der Waals surface area contributed by atoms with Gasteiger partial charge in [0.25, 0.3) is 0 Å². The van der Waals surface area contributed by atoms with Crippen LogP contribution in [0.1, 0.15) is 16.7 Å². The fourth-order valence-corrected chi connectivity index (χ4v) is 5.10. The van der Waals surface area contributed by atoms with Crippen molar-refractivity contribution in [3.63, 3.8) is 0 Å². The minimum absolute atomic E-state index is 0.0390. The summed E-state index contributed by atoms with van der Waals surface area (Å²) in [4.78, 5) is 30.6. The molecular weight excluding hydrogens is 448 g/mol. The molecule has 0 spiro atoms. The number of aromatic nitrogens is 5. The van der Waals surface area contributed by atoms with E-state index in [1.807, 2.05) is 18.6 Å². The molecule has 4 aromatic rings. The van der Waals surface area contributed by atoms with Gasteiger partial charge in [-0.05, 0) is 43.5 Å². The molecule has 0 aliphatic carbocycles. The van der Waals surface area contributed by atoms with Crippen LogP contribution in [0.15, 0.2) is 30.0 Å². The summed E-state index contributed by atoms with van der Waals surface area (Å²) in [6.45, 7) is 9.82. The Hall–Kier alpha value is -3.37. The van der Waals surface area contributed by atoms with Gasteiger partial charge in [-0.25, -0.2) is 15.0 Å². The van der Waals surface area contributed by atoms with E-state index in [-0.39, 0.29) is 5.91 Å². The highest BCUT2D eigenvalue weighted by molar-refractivity contribution is 7.14. The molecule has 0 radical (unpaired) electrons. The Morgan fingerprint density at radius 1 is 1.06 bits per heavy atom. The van der Waals surface area contributed by atoms with Gasteiger partial charge in [0.15, 0.2) is 10.8 Å². The smallest absolute Gasteiger partial charge is 0.240 e. The fraction of sp³-hybridized carbons (Fsp3) is 0.375. The zero-order valence-corrected chi connectivity index (χ0v) is 20.7. The molecule has 34 heavy (non-hydrogen) atoms. The van der Waals surface area contributed by atoms with Gasteiger partial charge in [0.05, 0.1) is 23.8 Å². The predicted molar refractivity (Wildman–Crippen MR) is 135 cm³/mol. The minimum Gasteiger partial charge on any atom is -0.353 e. The van der Waals surface area contributed by atoms with Gasteiger partial charge < -0.3 is 10.2 Å². The summed E-state index contributed by atoms with van der Waals surface area (Å²) in [5.41, 5.74) is 6.55. The Bertz CT molecular complexity index is 1350. The lowest BCUT2D eigenvalue weighted by Gasteiger charge is -2.35. The Morgan fingerprint density at radius 3 is 2.62 bits per heavy atom. The summed E-state index contributed by atoms with van der Waals surface area (Å²) in [6, 6.07) is 4.35. The second kappa shape index (κ2) is 9.11. The standard InChI is InChI=1S/C24H28N8OS/c1-15-9-17(3)18(10-16(15)2)20-13-34-24(28-20)29-21(33)12-31-5-7-32(8-6-31)23-19-11-27-30(4)22(19)25-14-26-23/h9-11,13-14H,5-8,12H2,1-4H3,(H,28,29,33). The number of anilines is 2. The number of fused-ring (bicyclic) bond motifs is 1. The molecule has 9 nitrogen and oxygen atoms in total. The molecule has 1 N–H and O–H groups in total. The first-order valence-corrected chi connectivity index (χ1v) is 12.2. The van der Waals surface area contributed by atoms with Crippen LogP contribution in [-0.4, -0.2) is 68.3 Å². The number of piperazine rings is 1. The molecule has 1 aromatic carbocycles. The van der Waals surface area contributed by atoms with Crippen LogP contribution in [0.4, 0.5) is 10.9 Å². The summed E-state index contributed by atoms with van der Waals surface area (Å²) < 4.78 is 1.76. The lowest BCUT2D eigenvalue weighted by atomic mass is 9.99. The van der Waals surface area contributed by atoms with E-state index in [1.165, 1.54) is 28.0 Å². The molecule has 0 bridgehead atoms. The summed E-state index contributed by atoms with van der Waals surface area (Å²) >= 11 is 1.46. The van der Waals surface area contributed by atoms with Gasteiger partial charge in [-0.2, -0.15) is 5.10 Å². The number of amides is 1. The van der Waals surface area contributed by atoms with E-state index in [9.17, 15) is 4.79 Å². The van der Waals surface area contributed by atoms with Gasteiger partial charge >= 0.3 is 0 Å². The van der Waals surface area contributed by atoms with Gasteiger partial charge in [0, 0.05) is 44.2 Å². The second-order valence-electron chi connectivity index (χ2n) is 8.80. The van der Waals surface area contributed by atoms with Crippen LogP contribution in [0.2, 0.25) is 0 Å². The number of nitrogens with one attached hydrogen (secondary N) is 1. The Morgan fingerprint density at radius 2 is 1.82 bits per heavy atom. The molecule has 0 saturated carbocycles. The van der Waals surface area contributed by atoms with Gasteiger partial charge in [0.1, 0.15) is 12.1 Å². The molecule has 1 amide bonds. The Labute approximate surface area is 202 Å². The van der Waals surface area contributed by atoms with Gasteiger partial charge in [0.2, 0.25) is 5.91 Å². The highest BCUT2D eigenvalue weighted by atomic mass is 32.1. The zero-order valence-electron chi connectivity index (χ0n) is 19.9. The first-order chi connectivity index (χ1) is 16.4. The fourth-order valence-electron chi connectivity index (χ4n) is 4.37. The molecular formula is C24H28N8OS. The molecule has 1 fully saturated rings.